The highest BCUT2D eigenvalue weighted by molar-refractivity contribution is 5.85. The summed E-state index contributed by atoms with van der Waals surface area (Å²) < 4.78 is 44.7. The van der Waals surface area contributed by atoms with E-state index in [1.54, 1.807) is 17.7 Å². The third-order valence-corrected chi connectivity index (χ3v) is 5.98. The summed E-state index contributed by atoms with van der Waals surface area (Å²) in [5.41, 5.74) is 3.28. The van der Waals surface area contributed by atoms with Crippen molar-refractivity contribution >= 4 is 22.9 Å². The lowest BCUT2D eigenvalue weighted by molar-refractivity contribution is -0.146. The number of alkyl halides is 3. The number of benzene rings is 1. The maximum absolute atomic E-state index is 12.5. The Balaban J connectivity index is 1.48. The number of imidazole rings is 1. The first-order valence-corrected chi connectivity index (χ1v) is 11.8. The maximum Gasteiger partial charge on any atom is 0.405 e. The number of aliphatic hydroxyl groups is 1. The largest absolute Gasteiger partial charge is 0.405 e. The van der Waals surface area contributed by atoms with Crippen molar-refractivity contribution in [1.82, 2.24) is 29.8 Å². The minimum Gasteiger partial charge on any atom is -0.388 e. The molecule has 38 heavy (non-hydrogen) atoms. The zero-order valence-corrected chi connectivity index (χ0v) is 20.2. The molecule has 198 valence electrons. The number of ether oxygens (including phenoxy) is 1. The molecule has 1 amide bonds. The van der Waals surface area contributed by atoms with Crippen molar-refractivity contribution in [3.8, 4) is 11.4 Å². The minimum atomic E-state index is -4.56. The number of amides is 1. The topological polar surface area (TPSA) is 127 Å². The first-order chi connectivity index (χ1) is 18.2. The van der Waals surface area contributed by atoms with Crippen molar-refractivity contribution < 1.29 is 27.8 Å². The van der Waals surface area contributed by atoms with E-state index in [1.807, 2.05) is 43.3 Å². The van der Waals surface area contributed by atoms with Crippen LogP contribution in [0, 0.1) is 6.92 Å². The van der Waals surface area contributed by atoms with Crippen LogP contribution in [0.25, 0.3) is 22.6 Å². The molecular formula is C25H24F3N7O3. The monoisotopic (exact) mass is 527 g/mol. The molecule has 4 aromatic rings. The van der Waals surface area contributed by atoms with E-state index in [0.29, 0.717) is 34.9 Å². The van der Waals surface area contributed by atoms with Gasteiger partial charge in [0.1, 0.15) is 18.8 Å². The van der Waals surface area contributed by atoms with Gasteiger partial charge < -0.3 is 20.5 Å². The Hall–Kier alpha value is -4.10. The summed E-state index contributed by atoms with van der Waals surface area (Å²) in [7, 11) is 0. The molecule has 0 unspecified atom stereocenters. The highest BCUT2D eigenvalue weighted by Gasteiger charge is 2.41. The SMILES string of the molecule is Cc1cncc(-c2nc(NCc3ccccc3)c3ncn([C@@H]4O[C@H](C(=O)NCC(F)(F)F)C[C@H]4O)c3n2)c1. The van der Waals surface area contributed by atoms with Gasteiger partial charge in [0.2, 0.25) is 5.91 Å². The summed E-state index contributed by atoms with van der Waals surface area (Å²) in [5.74, 6) is -0.182. The maximum atomic E-state index is 12.5. The number of nitrogens with one attached hydrogen (secondary N) is 2. The van der Waals surface area contributed by atoms with E-state index < -0.39 is 37.1 Å². The summed E-state index contributed by atoms with van der Waals surface area (Å²) in [6.07, 6.45) is -3.58. The van der Waals surface area contributed by atoms with Crippen LogP contribution in [0.3, 0.4) is 0 Å². The smallest absolute Gasteiger partial charge is 0.388 e. The lowest BCUT2D eigenvalue weighted by Crippen LogP contribution is -2.40. The number of fused-ring (bicyclic) bond motifs is 1. The number of carbonyl (C=O) groups excluding carboxylic acids is 1. The minimum absolute atomic E-state index is 0.188. The Morgan fingerprint density at radius 2 is 2.00 bits per heavy atom. The first kappa shape index (κ1) is 25.5. The molecule has 3 aromatic heterocycles. The third-order valence-electron chi connectivity index (χ3n) is 5.98. The van der Waals surface area contributed by atoms with Crippen LogP contribution in [-0.4, -0.2) is 60.4 Å². The molecule has 1 aliphatic rings. The Morgan fingerprint density at radius 1 is 1.21 bits per heavy atom. The molecule has 3 N–H and O–H groups in total. The Kier molecular flexibility index (Phi) is 6.95. The fourth-order valence-corrected chi connectivity index (χ4v) is 4.19. The molecule has 0 aliphatic carbocycles. The molecule has 1 aromatic carbocycles. The van der Waals surface area contributed by atoms with Crippen LogP contribution >= 0.6 is 0 Å². The lowest BCUT2D eigenvalue weighted by atomic mass is 10.2. The van der Waals surface area contributed by atoms with Crippen molar-refractivity contribution in [1.29, 1.82) is 0 Å². The van der Waals surface area contributed by atoms with E-state index in [0.717, 1.165) is 11.1 Å². The number of aliphatic hydroxyl groups excluding tert-OH is 1. The van der Waals surface area contributed by atoms with Crippen LogP contribution in [-0.2, 0) is 16.1 Å². The normalized spacial score (nSPS) is 19.6. The summed E-state index contributed by atoms with van der Waals surface area (Å²) in [4.78, 5) is 30.2. The van der Waals surface area contributed by atoms with E-state index in [-0.39, 0.29) is 6.42 Å². The number of hydrogen-bond acceptors (Lipinski definition) is 8. The van der Waals surface area contributed by atoms with Crippen LogP contribution < -0.4 is 10.6 Å². The molecule has 0 spiro atoms. The Morgan fingerprint density at radius 3 is 2.74 bits per heavy atom. The number of anilines is 1. The highest BCUT2D eigenvalue weighted by Crippen LogP contribution is 2.33. The van der Waals surface area contributed by atoms with Gasteiger partial charge in [0.25, 0.3) is 0 Å². The Bertz CT molecular complexity index is 1450. The van der Waals surface area contributed by atoms with Crippen molar-refractivity contribution in [3.63, 3.8) is 0 Å². The molecular weight excluding hydrogens is 503 g/mol. The first-order valence-electron chi connectivity index (χ1n) is 11.8. The van der Waals surface area contributed by atoms with Crippen LogP contribution in [0.5, 0.6) is 0 Å². The second-order valence-electron chi connectivity index (χ2n) is 8.96. The van der Waals surface area contributed by atoms with E-state index in [9.17, 15) is 23.1 Å². The number of nitrogens with zero attached hydrogens (tertiary/aromatic N) is 5. The standard InChI is InChI=1S/C25H24F3N7O3/c1-14-7-16(11-29-9-14)20-33-21(30-10-15-5-3-2-4-6-15)19-22(34-20)35(13-32-19)24-17(36)8-18(38-24)23(37)31-12-25(26,27)28/h2-7,9,11,13,17-18,24,36H,8,10,12H2,1H3,(H,31,37)(H,30,33,34)/t17-,18+,24-/m1/s1. The van der Waals surface area contributed by atoms with Gasteiger partial charge in [-0.3, -0.25) is 14.3 Å². The molecule has 0 radical (unpaired) electrons. The average molecular weight is 528 g/mol. The zero-order valence-electron chi connectivity index (χ0n) is 20.2. The van der Waals surface area contributed by atoms with E-state index >= 15 is 0 Å². The molecule has 3 atom stereocenters. The highest BCUT2D eigenvalue weighted by atomic mass is 19.4. The van der Waals surface area contributed by atoms with Gasteiger partial charge in [0, 0.05) is 30.9 Å². The quantitative estimate of drug-likeness (QED) is 0.335. The average Bonchev–Trinajstić information content (AvgIpc) is 3.49. The predicted octanol–water partition coefficient (Wildman–Crippen LogP) is 3.14. The van der Waals surface area contributed by atoms with Crippen LogP contribution in [0.4, 0.5) is 19.0 Å². The van der Waals surface area contributed by atoms with Gasteiger partial charge in [-0.2, -0.15) is 13.2 Å². The fourth-order valence-electron chi connectivity index (χ4n) is 4.19. The number of aromatic nitrogens is 5. The van der Waals surface area contributed by atoms with Gasteiger partial charge in [-0.25, -0.2) is 15.0 Å². The molecule has 1 fully saturated rings. The molecule has 1 saturated heterocycles. The molecule has 13 heteroatoms. The molecule has 0 saturated carbocycles. The Labute approximate surface area is 214 Å². The molecule has 0 bridgehead atoms. The zero-order chi connectivity index (χ0) is 26.9. The van der Waals surface area contributed by atoms with Gasteiger partial charge >= 0.3 is 6.18 Å². The van der Waals surface area contributed by atoms with Crippen LogP contribution in [0.15, 0.2) is 55.1 Å². The number of pyridine rings is 1. The number of halogens is 3. The summed E-state index contributed by atoms with van der Waals surface area (Å²) >= 11 is 0. The van der Waals surface area contributed by atoms with Gasteiger partial charge in [0.15, 0.2) is 29.0 Å². The van der Waals surface area contributed by atoms with Crippen molar-refractivity contribution in [2.75, 3.05) is 11.9 Å². The van der Waals surface area contributed by atoms with Crippen LogP contribution in [0.2, 0.25) is 0 Å². The van der Waals surface area contributed by atoms with Gasteiger partial charge in [-0.05, 0) is 24.1 Å². The molecule has 5 rings (SSSR count). The summed E-state index contributed by atoms with van der Waals surface area (Å²) in [5, 5.41) is 15.7. The predicted molar refractivity (Wildman–Crippen MR) is 131 cm³/mol. The summed E-state index contributed by atoms with van der Waals surface area (Å²) in [6, 6.07) is 11.6. The van der Waals surface area contributed by atoms with Crippen LogP contribution in [0.1, 0.15) is 23.8 Å². The number of rotatable bonds is 7. The third kappa shape index (κ3) is 5.58. The summed E-state index contributed by atoms with van der Waals surface area (Å²) in [6.45, 7) is 0.855. The van der Waals surface area contributed by atoms with E-state index in [4.69, 9.17) is 4.74 Å². The van der Waals surface area contributed by atoms with E-state index in [2.05, 4.69) is 25.3 Å². The number of aryl methyl sites for hydroxylation is 1. The lowest BCUT2D eigenvalue weighted by Gasteiger charge is -2.17. The molecule has 1 aliphatic heterocycles. The van der Waals surface area contributed by atoms with Gasteiger partial charge in [0.05, 0.1) is 6.33 Å². The van der Waals surface area contributed by atoms with Crippen molar-refractivity contribution in [3.05, 3.63) is 66.2 Å². The fraction of sp³-hybridized carbons (Fsp3) is 0.320. The van der Waals surface area contributed by atoms with Gasteiger partial charge in [-0.1, -0.05) is 30.3 Å². The second kappa shape index (κ2) is 10.3. The molecule has 10 nitrogen and oxygen atoms in total. The van der Waals surface area contributed by atoms with Crippen molar-refractivity contribution in [2.24, 2.45) is 0 Å². The number of hydrogen-bond donors (Lipinski definition) is 3. The second-order valence-corrected chi connectivity index (χ2v) is 8.96. The van der Waals surface area contributed by atoms with Crippen molar-refractivity contribution in [2.45, 2.75) is 44.5 Å². The molecule has 4 heterocycles. The van der Waals surface area contributed by atoms with Gasteiger partial charge in [-0.15, -0.1) is 0 Å². The number of carbonyl (C=O) groups is 1. The van der Waals surface area contributed by atoms with E-state index in [1.165, 1.54) is 10.9 Å².